The van der Waals surface area contributed by atoms with E-state index in [1.807, 2.05) is 0 Å². The standard InChI is InChI=1S/C58H98N6O18/c1-26(2)22-38-56(74)77-39(23-27(3)4)47(65)59-36(20)54(72)81-45(33(15)16)51(69)63-43(31(11)12)58(76)79-41(25-29(7)8)49(67)61-37(21)55(73)82-46(34(17)18)52(70)64-42(30(9)10)57(75)78-40(24-28(5)6)48(66)60-35(19)53(71)80-44(32(13)14)50(68)62-38/h26-46H,22-25H2,1-21H3,(H,59,65)(H,60,66)(H,61,67)(H,62,68)(H,63,69)(H,64,70)/t35-,36-,37-,38+,39-,40-,41-,42+,43+,44+,45+,46+/m1/s1. The lowest BCUT2D eigenvalue weighted by atomic mass is 10.0. The maximum Gasteiger partial charge on any atom is 0.329 e. The van der Waals surface area contributed by atoms with E-state index in [1.54, 1.807) is 125 Å². The Labute approximate surface area is 484 Å². The van der Waals surface area contributed by atoms with Gasteiger partial charge in [0, 0.05) is 0 Å². The van der Waals surface area contributed by atoms with E-state index in [0.717, 1.165) is 0 Å². The average Bonchev–Trinajstić information content (AvgIpc) is 3.34. The van der Waals surface area contributed by atoms with E-state index in [1.165, 1.54) is 20.8 Å². The molecule has 0 saturated carbocycles. The highest BCUT2D eigenvalue weighted by Crippen LogP contribution is 2.20. The Bertz CT molecular complexity index is 2200. The van der Waals surface area contributed by atoms with E-state index < -0.39 is 174 Å². The molecule has 24 heteroatoms. The number of hydrogen-bond donors (Lipinski definition) is 6. The molecule has 1 aliphatic heterocycles. The van der Waals surface area contributed by atoms with Gasteiger partial charge in [0.1, 0.15) is 36.3 Å². The quantitative estimate of drug-likeness (QED) is 0.112. The Morgan fingerprint density at radius 1 is 0.280 bits per heavy atom. The Hall–Kier alpha value is -6.36. The second-order valence-corrected chi connectivity index (χ2v) is 24.8. The summed E-state index contributed by atoms with van der Waals surface area (Å²) in [5.74, 6) is -16.0. The number of ether oxygens (including phenoxy) is 6. The van der Waals surface area contributed by atoms with Crippen LogP contribution in [0.3, 0.4) is 0 Å². The van der Waals surface area contributed by atoms with E-state index in [2.05, 4.69) is 31.9 Å². The first-order valence-electron chi connectivity index (χ1n) is 28.8. The molecule has 468 valence electrons. The lowest BCUT2D eigenvalue weighted by molar-refractivity contribution is -0.167. The van der Waals surface area contributed by atoms with Crippen molar-refractivity contribution in [2.24, 2.45) is 53.3 Å². The highest BCUT2D eigenvalue weighted by molar-refractivity contribution is 5.95. The van der Waals surface area contributed by atoms with Crippen LogP contribution < -0.4 is 31.9 Å². The Morgan fingerprint density at radius 3 is 0.756 bits per heavy atom. The maximum atomic E-state index is 14.0. The third kappa shape index (κ3) is 24.6. The molecule has 0 spiro atoms. The molecule has 0 aromatic carbocycles. The van der Waals surface area contributed by atoms with Crippen LogP contribution in [0.1, 0.15) is 171 Å². The predicted octanol–water partition coefficient (Wildman–Crippen LogP) is 3.90. The predicted molar refractivity (Wildman–Crippen MR) is 300 cm³/mol. The number of amides is 6. The molecule has 0 aromatic heterocycles. The fourth-order valence-corrected chi connectivity index (χ4v) is 8.22. The zero-order valence-corrected chi connectivity index (χ0v) is 52.3. The first-order chi connectivity index (χ1) is 37.8. The molecule has 1 heterocycles. The summed E-state index contributed by atoms with van der Waals surface area (Å²) in [5, 5.41) is 15.2. The van der Waals surface area contributed by atoms with Crippen molar-refractivity contribution in [3.63, 3.8) is 0 Å². The van der Waals surface area contributed by atoms with Gasteiger partial charge >= 0.3 is 35.8 Å². The number of rotatable bonds is 13. The second-order valence-electron chi connectivity index (χ2n) is 24.8. The molecule has 1 saturated heterocycles. The fraction of sp³-hybridized carbons (Fsp3) is 0.793. The van der Waals surface area contributed by atoms with Gasteiger partial charge in [-0.05, 0) is 99.7 Å². The van der Waals surface area contributed by atoms with E-state index in [4.69, 9.17) is 28.4 Å². The molecule has 24 nitrogen and oxygen atoms in total. The van der Waals surface area contributed by atoms with Gasteiger partial charge in [0.05, 0.1) is 0 Å². The van der Waals surface area contributed by atoms with Gasteiger partial charge in [-0.25, -0.2) is 28.8 Å². The average molecular weight is 1170 g/mol. The molecule has 0 radical (unpaired) electrons. The smallest absolute Gasteiger partial charge is 0.329 e. The number of esters is 6. The van der Waals surface area contributed by atoms with Crippen molar-refractivity contribution in [2.75, 3.05) is 0 Å². The first kappa shape index (κ1) is 73.7. The van der Waals surface area contributed by atoms with Gasteiger partial charge < -0.3 is 60.3 Å². The molecule has 0 bridgehead atoms. The summed E-state index contributed by atoms with van der Waals surface area (Å²) in [5.41, 5.74) is 0. The van der Waals surface area contributed by atoms with E-state index in [-0.39, 0.29) is 49.4 Å². The molecule has 6 amide bonds. The van der Waals surface area contributed by atoms with E-state index in [9.17, 15) is 57.5 Å². The van der Waals surface area contributed by atoms with Crippen LogP contribution >= 0.6 is 0 Å². The van der Waals surface area contributed by atoms with Crippen molar-refractivity contribution in [3.05, 3.63) is 0 Å². The van der Waals surface area contributed by atoms with Gasteiger partial charge in [-0.2, -0.15) is 0 Å². The molecule has 1 rings (SSSR count). The third-order valence-electron chi connectivity index (χ3n) is 12.9. The monoisotopic (exact) mass is 1170 g/mol. The summed E-state index contributed by atoms with van der Waals surface area (Å²) in [6.45, 7) is 33.8. The molecule has 0 unspecified atom stereocenters. The van der Waals surface area contributed by atoms with Crippen molar-refractivity contribution in [3.8, 4) is 0 Å². The normalized spacial score (nSPS) is 28.0. The summed E-state index contributed by atoms with van der Waals surface area (Å²) in [6, 6.07) is -8.43. The summed E-state index contributed by atoms with van der Waals surface area (Å²) in [4.78, 5) is 166. The molecule has 6 N–H and O–H groups in total. The molecular weight excluding hydrogens is 1070 g/mol. The second kappa shape index (κ2) is 34.3. The minimum atomic E-state index is -1.52. The van der Waals surface area contributed by atoms with Crippen molar-refractivity contribution in [1.29, 1.82) is 0 Å². The van der Waals surface area contributed by atoms with Gasteiger partial charge in [0.15, 0.2) is 36.6 Å². The van der Waals surface area contributed by atoms with Crippen LogP contribution in [0.25, 0.3) is 0 Å². The van der Waals surface area contributed by atoms with Gasteiger partial charge in [-0.15, -0.1) is 0 Å². The molecule has 1 aliphatic rings. The SMILES string of the molecule is CC(C)C[C@@H]1NC(=O)[C@H](C(C)C)OC(=O)[C@@H](C)NC(=O)[C@@H](CC(C)C)OC(=O)[C@H](C(C)C)NC(=O)[C@H](C(C)C)OC(=O)[C@@H](C)NC(=O)[C@@H](CC(C)C)OC(=O)[C@H](C(C)C)NC(=O)[C@H](C(C)C)OC(=O)[C@@H](C)NC(=O)[C@@H](CC(C)C)OC1=O. The van der Waals surface area contributed by atoms with E-state index in [0.29, 0.717) is 0 Å². The molecule has 82 heavy (non-hydrogen) atoms. The Morgan fingerprint density at radius 2 is 0.524 bits per heavy atom. The third-order valence-corrected chi connectivity index (χ3v) is 12.9. The zero-order chi connectivity index (χ0) is 63.4. The number of carbonyl (C=O) groups is 12. The fourth-order valence-electron chi connectivity index (χ4n) is 8.22. The summed E-state index contributed by atoms with van der Waals surface area (Å²) >= 11 is 0. The lowest BCUT2D eigenvalue weighted by Crippen LogP contribution is -2.55. The Kier molecular flexibility index (Phi) is 30.8. The molecular formula is C58H98N6O18. The summed E-state index contributed by atoms with van der Waals surface area (Å²) in [6.07, 6.45) is -9.16. The molecule has 12 atom stereocenters. The van der Waals surface area contributed by atoms with Crippen LogP contribution in [0.5, 0.6) is 0 Å². The van der Waals surface area contributed by atoms with Crippen LogP contribution in [0.15, 0.2) is 0 Å². The highest BCUT2D eigenvalue weighted by Gasteiger charge is 2.41. The van der Waals surface area contributed by atoms with Gasteiger partial charge in [0.2, 0.25) is 0 Å². The molecule has 0 aromatic rings. The van der Waals surface area contributed by atoms with Crippen molar-refractivity contribution in [2.45, 2.75) is 244 Å². The Balaban J connectivity index is 3.96. The maximum absolute atomic E-state index is 14.0. The zero-order valence-electron chi connectivity index (χ0n) is 52.3. The van der Waals surface area contributed by atoms with Gasteiger partial charge in [-0.3, -0.25) is 28.8 Å². The van der Waals surface area contributed by atoms with Crippen molar-refractivity contribution in [1.82, 2.24) is 31.9 Å². The topological polar surface area (TPSA) is 332 Å². The lowest BCUT2D eigenvalue weighted by Gasteiger charge is -2.29. The first-order valence-corrected chi connectivity index (χ1v) is 28.8. The van der Waals surface area contributed by atoms with Crippen molar-refractivity contribution >= 4 is 71.3 Å². The minimum Gasteiger partial charge on any atom is -0.451 e. The summed E-state index contributed by atoms with van der Waals surface area (Å²) in [7, 11) is 0. The van der Waals surface area contributed by atoms with E-state index >= 15 is 0 Å². The van der Waals surface area contributed by atoms with Crippen molar-refractivity contribution < 1.29 is 86.0 Å². The van der Waals surface area contributed by atoms with Crippen LogP contribution in [0.4, 0.5) is 0 Å². The molecule has 0 aliphatic carbocycles. The number of carbonyl (C=O) groups excluding carboxylic acids is 12. The minimum absolute atomic E-state index is 0.0127. The van der Waals surface area contributed by atoms with Crippen LogP contribution in [-0.4, -0.2) is 144 Å². The number of hydrogen-bond acceptors (Lipinski definition) is 18. The van der Waals surface area contributed by atoms with Crippen LogP contribution in [0, 0.1) is 53.3 Å². The number of cyclic esters (lactones) is 6. The van der Waals surface area contributed by atoms with Gasteiger partial charge in [0.25, 0.3) is 35.4 Å². The number of nitrogens with one attached hydrogen (secondary N) is 6. The molecule has 1 fully saturated rings. The highest BCUT2D eigenvalue weighted by atomic mass is 16.6. The largest absolute Gasteiger partial charge is 0.451 e. The summed E-state index contributed by atoms with van der Waals surface area (Å²) < 4.78 is 34.2. The van der Waals surface area contributed by atoms with Crippen LogP contribution in [0.2, 0.25) is 0 Å². The van der Waals surface area contributed by atoms with Gasteiger partial charge in [-0.1, -0.05) is 125 Å². The van der Waals surface area contributed by atoms with Crippen LogP contribution in [-0.2, 0) is 86.0 Å².